The van der Waals surface area contributed by atoms with Crippen LogP contribution < -0.4 is 11.5 Å². The fraction of sp³-hybridized carbons (Fsp3) is 0.0526. The van der Waals surface area contributed by atoms with Crippen molar-refractivity contribution in [2.75, 3.05) is 11.5 Å². The molecular weight excluding hydrogens is 326 g/mol. The quantitative estimate of drug-likeness (QED) is 0.553. The van der Waals surface area contributed by atoms with Crippen molar-refractivity contribution in [3.63, 3.8) is 0 Å². The molecule has 0 atom stereocenters. The average molecular weight is 341 g/mol. The molecule has 2 aromatic heterocycles. The van der Waals surface area contributed by atoms with E-state index in [0.717, 1.165) is 16.8 Å². The van der Waals surface area contributed by atoms with E-state index in [1.807, 2.05) is 41.0 Å². The number of nitrogens with zero attached hydrogens (tertiary/aromatic N) is 5. The topological polar surface area (TPSA) is 119 Å². The molecule has 0 aliphatic heterocycles. The van der Waals surface area contributed by atoms with Crippen LogP contribution in [0.15, 0.2) is 54.9 Å². The molecule has 0 saturated heterocycles. The molecule has 0 aliphatic rings. The van der Waals surface area contributed by atoms with Gasteiger partial charge < -0.3 is 16.0 Å². The van der Waals surface area contributed by atoms with Crippen molar-refractivity contribution in [2.45, 2.75) is 6.54 Å². The van der Waals surface area contributed by atoms with E-state index >= 15 is 0 Å². The normalized spacial score (nSPS) is 10.7. The summed E-state index contributed by atoms with van der Waals surface area (Å²) < 4.78 is 1.91. The lowest BCUT2D eigenvalue weighted by atomic mass is 10.1. The van der Waals surface area contributed by atoms with E-state index in [4.69, 9.17) is 16.7 Å². The molecular formula is C19H15N7. The number of benzene rings is 2. The van der Waals surface area contributed by atoms with Crippen LogP contribution in [0.4, 0.5) is 11.6 Å². The molecule has 26 heavy (non-hydrogen) atoms. The van der Waals surface area contributed by atoms with Crippen LogP contribution in [0, 0.1) is 11.3 Å². The number of rotatable bonds is 3. The molecule has 7 nitrogen and oxygen atoms in total. The number of nitriles is 1. The third-order valence-corrected chi connectivity index (χ3v) is 4.08. The zero-order valence-corrected chi connectivity index (χ0v) is 13.8. The molecule has 4 aromatic rings. The highest BCUT2D eigenvalue weighted by atomic mass is 15.1. The molecule has 0 spiro atoms. The van der Waals surface area contributed by atoms with E-state index in [0.29, 0.717) is 29.0 Å². The van der Waals surface area contributed by atoms with Gasteiger partial charge in [-0.05, 0) is 29.8 Å². The van der Waals surface area contributed by atoms with Gasteiger partial charge in [0.2, 0.25) is 5.95 Å². The predicted molar refractivity (Wildman–Crippen MR) is 99.8 cm³/mol. The third kappa shape index (κ3) is 2.80. The molecule has 0 unspecified atom stereocenters. The standard InChI is InChI=1S/C19H15N7/c20-9-13-2-1-3-14(8-13)16-17-18(25-19(22)24-16)26(11-23-17)10-12-4-6-15(21)7-5-12/h1-8,11H,10,21H2,(H2,22,24,25). The van der Waals surface area contributed by atoms with Crippen LogP contribution in [0.1, 0.15) is 11.1 Å². The third-order valence-electron chi connectivity index (χ3n) is 4.08. The molecule has 126 valence electrons. The first-order valence-corrected chi connectivity index (χ1v) is 7.97. The van der Waals surface area contributed by atoms with Crippen molar-refractivity contribution in [3.8, 4) is 17.3 Å². The first kappa shape index (κ1) is 15.6. The van der Waals surface area contributed by atoms with Gasteiger partial charge in [0, 0.05) is 11.3 Å². The summed E-state index contributed by atoms with van der Waals surface area (Å²) in [6, 6.07) is 17.0. The minimum Gasteiger partial charge on any atom is -0.399 e. The van der Waals surface area contributed by atoms with Crippen LogP contribution in [0.5, 0.6) is 0 Å². The molecule has 0 saturated carbocycles. The average Bonchev–Trinajstić information content (AvgIpc) is 3.05. The molecule has 0 amide bonds. The molecule has 0 radical (unpaired) electrons. The van der Waals surface area contributed by atoms with Gasteiger partial charge in [0.25, 0.3) is 0 Å². The summed E-state index contributed by atoms with van der Waals surface area (Å²) in [5, 5.41) is 9.13. The summed E-state index contributed by atoms with van der Waals surface area (Å²) >= 11 is 0. The minimum atomic E-state index is 0.161. The number of aromatic nitrogens is 4. The highest BCUT2D eigenvalue weighted by molar-refractivity contribution is 5.88. The first-order valence-electron chi connectivity index (χ1n) is 7.97. The van der Waals surface area contributed by atoms with E-state index < -0.39 is 0 Å². The predicted octanol–water partition coefficient (Wildman–Crippen LogP) is 2.58. The number of nitrogens with two attached hydrogens (primary N) is 2. The zero-order chi connectivity index (χ0) is 18.1. The van der Waals surface area contributed by atoms with Crippen molar-refractivity contribution in [3.05, 3.63) is 66.0 Å². The molecule has 4 rings (SSSR count). The lowest BCUT2D eigenvalue weighted by Gasteiger charge is -2.07. The lowest BCUT2D eigenvalue weighted by Crippen LogP contribution is -2.03. The SMILES string of the molecule is N#Cc1cccc(-c2nc(N)nc3c2ncn3Cc2ccc(N)cc2)c1. The number of imidazole rings is 1. The van der Waals surface area contributed by atoms with Crippen LogP contribution in [-0.4, -0.2) is 19.5 Å². The summed E-state index contributed by atoms with van der Waals surface area (Å²) in [5.74, 6) is 0.161. The molecule has 7 heteroatoms. The summed E-state index contributed by atoms with van der Waals surface area (Å²) in [5.41, 5.74) is 16.7. The Labute approximate surface area is 149 Å². The smallest absolute Gasteiger partial charge is 0.222 e. The van der Waals surface area contributed by atoms with Crippen molar-refractivity contribution in [1.29, 1.82) is 5.26 Å². The van der Waals surface area contributed by atoms with E-state index in [9.17, 15) is 0 Å². The highest BCUT2D eigenvalue weighted by Gasteiger charge is 2.14. The summed E-state index contributed by atoms with van der Waals surface area (Å²) in [6.07, 6.45) is 1.72. The Bertz CT molecular complexity index is 1140. The summed E-state index contributed by atoms with van der Waals surface area (Å²) in [4.78, 5) is 13.2. The first-order chi connectivity index (χ1) is 12.6. The second kappa shape index (κ2) is 6.18. The zero-order valence-electron chi connectivity index (χ0n) is 13.8. The molecule has 0 bridgehead atoms. The van der Waals surface area contributed by atoms with E-state index in [-0.39, 0.29) is 5.95 Å². The van der Waals surface area contributed by atoms with Crippen LogP contribution in [0.2, 0.25) is 0 Å². The van der Waals surface area contributed by atoms with Crippen LogP contribution in [-0.2, 0) is 6.54 Å². The number of nitrogen functional groups attached to an aromatic ring is 2. The fourth-order valence-electron chi connectivity index (χ4n) is 2.83. The van der Waals surface area contributed by atoms with E-state index in [2.05, 4.69) is 21.0 Å². The number of hydrogen-bond acceptors (Lipinski definition) is 6. The van der Waals surface area contributed by atoms with Gasteiger partial charge in [0.05, 0.1) is 24.5 Å². The Kier molecular flexibility index (Phi) is 3.71. The number of fused-ring (bicyclic) bond motifs is 1. The Morgan fingerprint density at radius 3 is 2.62 bits per heavy atom. The van der Waals surface area contributed by atoms with Gasteiger partial charge >= 0.3 is 0 Å². The summed E-state index contributed by atoms with van der Waals surface area (Å²) in [6.45, 7) is 0.588. The van der Waals surface area contributed by atoms with Crippen LogP contribution in [0.3, 0.4) is 0 Å². The number of anilines is 2. The Morgan fingerprint density at radius 2 is 1.85 bits per heavy atom. The fourth-order valence-corrected chi connectivity index (χ4v) is 2.83. The Morgan fingerprint density at radius 1 is 1.04 bits per heavy atom. The maximum absolute atomic E-state index is 9.13. The van der Waals surface area contributed by atoms with Gasteiger partial charge in [-0.3, -0.25) is 0 Å². The highest BCUT2D eigenvalue weighted by Crippen LogP contribution is 2.26. The molecule has 0 fully saturated rings. The monoisotopic (exact) mass is 341 g/mol. The van der Waals surface area contributed by atoms with Crippen molar-refractivity contribution in [2.24, 2.45) is 0 Å². The van der Waals surface area contributed by atoms with E-state index in [1.165, 1.54) is 0 Å². The van der Waals surface area contributed by atoms with Gasteiger partial charge in [0.1, 0.15) is 11.2 Å². The molecule has 2 heterocycles. The summed E-state index contributed by atoms with van der Waals surface area (Å²) in [7, 11) is 0. The van der Waals surface area contributed by atoms with Gasteiger partial charge in [-0.2, -0.15) is 10.2 Å². The molecule has 0 aliphatic carbocycles. The maximum atomic E-state index is 9.13. The van der Waals surface area contributed by atoms with Gasteiger partial charge in [-0.15, -0.1) is 0 Å². The lowest BCUT2D eigenvalue weighted by molar-refractivity contribution is 0.814. The Balaban J connectivity index is 1.82. The maximum Gasteiger partial charge on any atom is 0.222 e. The van der Waals surface area contributed by atoms with Gasteiger partial charge in [-0.1, -0.05) is 24.3 Å². The van der Waals surface area contributed by atoms with E-state index in [1.54, 1.807) is 18.5 Å². The second-order valence-electron chi connectivity index (χ2n) is 5.91. The second-order valence-corrected chi connectivity index (χ2v) is 5.91. The molecule has 4 N–H and O–H groups in total. The number of hydrogen-bond donors (Lipinski definition) is 2. The Hall–Kier alpha value is -3.92. The largest absolute Gasteiger partial charge is 0.399 e. The van der Waals surface area contributed by atoms with Crippen molar-refractivity contribution >= 4 is 22.8 Å². The van der Waals surface area contributed by atoms with Crippen LogP contribution >= 0.6 is 0 Å². The van der Waals surface area contributed by atoms with Gasteiger partial charge in [-0.25, -0.2) is 9.97 Å². The molecule has 2 aromatic carbocycles. The van der Waals surface area contributed by atoms with Crippen LogP contribution in [0.25, 0.3) is 22.4 Å². The van der Waals surface area contributed by atoms with Crippen molar-refractivity contribution in [1.82, 2.24) is 19.5 Å². The minimum absolute atomic E-state index is 0.161. The van der Waals surface area contributed by atoms with Gasteiger partial charge in [0.15, 0.2) is 5.65 Å². The van der Waals surface area contributed by atoms with Crippen molar-refractivity contribution < 1.29 is 0 Å².